The van der Waals surface area contributed by atoms with Gasteiger partial charge in [0, 0.05) is 12.6 Å². The minimum absolute atomic E-state index is 0.0904. The van der Waals surface area contributed by atoms with Crippen molar-refractivity contribution in [1.29, 1.82) is 0 Å². The molecule has 1 rings (SSSR count). The van der Waals surface area contributed by atoms with E-state index in [9.17, 15) is 4.39 Å². The van der Waals surface area contributed by atoms with Crippen molar-refractivity contribution in [3.05, 3.63) is 29.0 Å². The summed E-state index contributed by atoms with van der Waals surface area (Å²) in [7, 11) is 0. The van der Waals surface area contributed by atoms with E-state index >= 15 is 0 Å². The second kappa shape index (κ2) is 7.59. The van der Waals surface area contributed by atoms with Crippen LogP contribution in [-0.4, -0.2) is 18.7 Å². The van der Waals surface area contributed by atoms with Crippen LogP contribution in [0, 0.1) is 5.82 Å². The molecule has 0 bridgehead atoms. The van der Waals surface area contributed by atoms with Gasteiger partial charge >= 0.3 is 0 Å². The van der Waals surface area contributed by atoms with Crippen LogP contribution in [0.25, 0.3) is 0 Å². The van der Waals surface area contributed by atoms with Gasteiger partial charge in [-0.1, -0.05) is 31.5 Å². The van der Waals surface area contributed by atoms with Crippen molar-refractivity contribution in [2.24, 2.45) is 0 Å². The second-order valence-corrected chi connectivity index (χ2v) is 4.81. The summed E-state index contributed by atoms with van der Waals surface area (Å²) in [6, 6.07) is 5.27. The van der Waals surface area contributed by atoms with Crippen LogP contribution in [0.1, 0.15) is 33.6 Å². The fourth-order valence-corrected chi connectivity index (χ4v) is 1.91. The van der Waals surface area contributed by atoms with Crippen LogP contribution >= 0.6 is 11.6 Å². The Morgan fingerprint density at radius 3 is 2.61 bits per heavy atom. The summed E-state index contributed by atoms with van der Waals surface area (Å²) in [5.74, 6) is -0.283. The number of hydrogen-bond acceptors (Lipinski definition) is 2. The molecule has 0 aliphatic carbocycles. The van der Waals surface area contributed by atoms with E-state index in [0.717, 1.165) is 12.8 Å². The molecule has 0 fully saturated rings. The Morgan fingerprint density at radius 2 is 2.00 bits per heavy atom. The lowest BCUT2D eigenvalue weighted by atomic mass is 10.1. The van der Waals surface area contributed by atoms with Crippen molar-refractivity contribution in [1.82, 2.24) is 5.32 Å². The molecule has 1 atom stereocenters. The first-order chi connectivity index (χ1) is 8.58. The van der Waals surface area contributed by atoms with Gasteiger partial charge in [-0.05, 0) is 31.9 Å². The highest BCUT2D eigenvalue weighted by Crippen LogP contribution is 2.24. The molecule has 18 heavy (non-hydrogen) atoms. The number of halogens is 2. The molecule has 0 aliphatic rings. The average Bonchev–Trinajstić information content (AvgIpc) is 2.36. The van der Waals surface area contributed by atoms with Crippen LogP contribution in [0.3, 0.4) is 0 Å². The lowest BCUT2D eigenvalue weighted by Crippen LogP contribution is -2.36. The monoisotopic (exact) mass is 273 g/mol. The standard InChI is InChI=1S/C14H21ClFNO/c1-4-11(5-2)17-9-10(3)18-13-8-6-7-12(15)14(13)16/h6-8,10-11,17H,4-5,9H2,1-3H3. The van der Waals surface area contributed by atoms with E-state index in [-0.39, 0.29) is 16.9 Å². The molecule has 1 aromatic carbocycles. The zero-order valence-electron chi connectivity index (χ0n) is 11.2. The summed E-state index contributed by atoms with van der Waals surface area (Å²) in [6.45, 7) is 6.89. The highest BCUT2D eigenvalue weighted by atomic mass is 35.5. The molecule has 0 saturated heterocycles. The van der Waals surface area contributed by atoms with Crippen molar-refractivity contribution < 1.29 is 9.13 Å². The molecule has 0 radical (unpaired) electrons. The maximum atomic E-state index is 13.6. The number of hydrogen-bond donors (Lipinski definition) is 1. The van der Waals surface area contributed by atoms with Crippen LogP contribution in [0.5, 0.6) is 5.75 Å². The number of ether oxygens (including phenoxy) is 1. The molecule has 2 nitrogen and oxygen atoms in total. The van der Waals surface area contributed by atoms with Gasteiger partial charge in [-0.25, -0.2) is 4.39 Å². The maximum Gasteiger partial charge on any atom is 0.183 e. The van der Waals surface area contributed by atoms with Crippen LogP contribution in [0.4, 0.5) is 4.39 Å². The first-order valence-electron chi connectivity index (χ1n) is 6.42. The molecule has 0 amide bonds. The van der Waals surface area contributed by atoms with Crippen LogP contribution in [-0.2, 0) is 0 Å². The van der Waals surface area contributed by atoms with E-state index in [4.69, 9.17) is 16.3 Å². The highest BCUT2D eigenvalue weighted by Gasteiger charge is 2.12. The zero-order chi connectivity index (χ0) is 13.5. The van der Waals surface area contributed by atoms with Gasteiger partial charge in [0.2, 0.25) is 0 Å². The van der Waals surface area contributed by atoms with Gasteiger partial charge in [-0.15, -0.1) is 0 Å². The third kappa shape index (κ3) is 4.46. The lowest BCUT2D eigenvalue weighted by Gasteiger charge is -2.20. The van der Waals surface area contributed by atoms with Crippen molar-refractivity contribution in [2.75, 3.05) is 6.54 Å². The molecule has 4 heteroatoms. The zero-order valence-corrected chi connectivity index (χ0v) is 11.9. The van der Waals surface area contributed by atoms with Crippen LogP contribution < -0.4 is 10.1 Å². The molecular formula is C14H21ClFNO. The summed E-state index contributed by atoms with van der Waals surface area (Å²) in [4.78, 5) is 0. The van der Waals surface area contributed by atoms with Gasteiger partial charge in [0.05, 0.1) is 5.02 Å². The van der Waals surface area contributed by atoms with E-state index in [2.05, 4.69) is 19.2 Å². The summed E-state index contributed by atoms with van der Waals surface area (Å²) in [5, 5.41) is 3.48. The molecule has 1 N–H and O–H groups in total. The second-order valence-electron chi connectivity index (χ2n) is 4.40. The number of benzene rings is 1. The third-order valence-electron chi connectivity index (χ3n) is 2.92. The Hall–Kier alpha value is -0.800. The van der Waals surface area contributed by atoms with Crippen molar-refractivity contribution >= 4 is 11.6 Å². The highest BCUT2D eigenvalue weighted by molar-refractivity contribution is 6.30. The first-order valence-corrected chi connectivity index (χ1v) is 6.80. The van der Waals surface area contributed by atoms with Crippen LogP contribution in [0.15, 0.2) is 18.2 Å². The molecule has 0 aliphatic heterocycles. The lowest BCUT2D eigenvalue weighted by molar-refractivity contribution is 0.201. The summed E-state index contributed by atoms with van der Waals surface area (Å²) in [5.41, 5.74) is 0. The van der Waals surface area contributed by atoms with Gasteiger partial charge in [0.15, 0.2) is 11.6 Å². The number of rotatable bonds is 7. The van der Waals surface area contributed by atoms with E-state index in [1.165, 1.54) is 6.07 Å². The normalized spacial score (nSPS) is 12.8. The van der Waals surface area contributed by atoms with Crippen molar-refractivity contribution in [3.63, 3.8) is 0 Å². The SMILES string of the molecule is CCC(CC)NCC(C)Oc1cccc(Cl)c1F. The Kier molecular flexibility index (Phi) is 6.44. The van der Waals surface area contributed by atoms with Gasteiger partial charge in [0.1, 0.15) is 6.10 Å². The summed E-state index contributed by atoms with van der Waals surface area (Å²) >= 11 is 5.70. The Bertz CT molecular complexity index is 369. The minimum atomic E-state index is -0.492. The average molecular weight is 274 g/mol. The van der Waals surface area contributed by atoms with Crippen LogP contribution in [0.2, 0.25) is 5.02 Å². The molecule has 1 unspecified atom stereocenters. The smallest absolute Gasteiger partial charge is 0.183 e. The molecule has 0 spiro atoms. The Balaban J connectivity index is 2.49. The fourth-order valence-electron chi connectivity index (χ4n) is 1.74. The largest absolute Gasteiger partial charge is 0.486 e. The molecule has 102 valence electrons. The van der Waals surface area contributed by atoms with E-state index in [1.807, 2.05) is 6.92 Å². The summed E-state index contributed by atoms with van der Waals surface area (Å²) in [6.07, 6.45) is 2.06. The number of nitrogens with one attached hydrogen (secondary N) is 1. The fraction of sp³-hybridized carbons (Fsp3) is 0.571. The predicted molar refractivity (Wildman–Crippen MR) is 73.9 cm³/mol. The van der Waals surface area contributed by atoms with Gasteiger partial charge < -0.3 is 10.1 Å². The molecule has 0 saturated carbocycles. The van der Waals surface area contributed by atoms with Gasteiger partial charge in [-0.3, -0.25) is 0 Å². The minimum Gasteiger partial charge on any atom is -0.486 e. The first kappa shape index (κ1) is 15.3. The van der Waals surface area contributed by atoms with Crippen molar-refractivity contribution in [3.8, 4) is 5.75 Å². The summed E-state index contributed by atoms with van der Waals surface area (Å²) < 4.78 is 19.2. The Labute approximate surface area is 113 Å². The quantitative estimate of drug-likeness (QED) is 0.810. The Morgan fingerprint density at radius 1 is 1.33 bits per heavy atom. The molecule has 0 heterocycles. The van der Waals surface area contributed by atoms with E-state index < -0.39 is 5.82 Å². The van der Waals surface area contributed by atoms with Crippen molar-refractivity contribution in [2.45, 2.75) is 45.8 Å². The van der Waals surface area contributed by atoms with E-state index in [1.54, 1.807) is 12.1 Å². The molecular weight excluding hydrogens is 253 g/mol. The molecule has 0 aromatic heterocycles. The van der Waals surface area contributed by atoms with Gasteiger partial charge in [-0.2, -0.15) is 0 Å². The maximum absolute atomic E-state index is 13.6. The van der Waals surface area contributed by atoms with Gasteiger partial charge in [0.25, 0.3) is 0 Å². The predicted octanol–water partition coefficient (Wildman–Crippen LogP) is 4.02. The van der Waals surface area contributed by atoms with E-state index in [0.29, 0.717) is 12.6 Å². The third-order valence-corrected chi connectivity index (χ3v) is 3.22. The molecule has 1 aromatic rings. The topological polar surface area (TPSA) is 21.3 Å².